The van der Waals surface area contributed by atoms with E-state index in [1.54, 1.807) is 13.2 Å². The fourth-order valence-electron chi connectivity index (χ4n) is 1.39. The molecular weight excluding hydrogens is 335 g/mol. The molecule has 0 atom stereocenters. The van der Waals surface area contributed by atoms with Crippen molar-refractivity contribution in [3.05, 3.63) is 39.6 Å². The second-order valence-corrected chi connectivity index (χ2v) is 4.45. The summed E-state index contributed by atoms with van der Waals surface area (Å²) < 4.78 is 11.8. The average molecular weight is 346 g/mol. The first-order valence-electron chi connectivity index (χ1n) is 4.90. The smallest absolute Gasteiger partial charge is 0.236 e. The lowest BCUT2D eigenvalue weighted by molar-refractivity contribution is 0.141. The van der Waals surface area contributed by atoms with Crippen LogP contribution in [0.5, 0.6) is 11.6 Å². The monoisotopic (exact) mass is 346 g/mol. The van der Waals surface area contributed by atoms with Crippen LogP contribution in [0.3, 0.4) is 0 Å². The number of rotatable bonds is 4. The summed E-state index contributed by atoms with van der Waals surface area (Å²) in [4.78, 5) is 0.711. The van der Waals surface area contributed by atoms with Gasteiger partial charge in [-0.2, -0.15) is 0 Å². The van der Waals surface area contributed by atoms with E-state index in [-0.39, 0.29) is 0 Å². The Labute approximate surface area is 112 Å². The molecule has 1 heterocycles. The van der Waals surface area contributed by atoms with Crippen molar-refractivity contribution in [2.45, 2.75) is 6.61 Å². The molecule has 0 bridgehead atoms. The number of hydrogen-bond acceptors (Lipinski definition) is 4. The molecular formula is C11H11IN2O3. The van der Waals surface area contributed by atoms with Gasteiger partial charge in [0.15, 0.2) is 0 Å². The standard InChI is InChI=1S/C11H11IN2O3/c1-16-10-4-2-3-9(12)8(10)7-17-11-5-6-14(15)13-11/h2-6,15H,7H2,1H3. The molecule has 1 aromatic carbocycles. The van der Waals surface area contributed by atoms with Gasteiger partial charge in [0.05, 0.1) is 13.3 Å². The molecule has 0 saturated heterocycles. The highest BCUT2D eigenvalue weighted by Gasteiger charge is 2.08. The summed E-state index contributed by atoms with van der Waals surface area (Å²) in [7, 11) is 1.62. The van der Waals surface area contributed by atoms with Gasteiger partial charge in [-0.3, -0.25) is 0 Å². The van der Waals surface area contributed by atoms with E-state index in [4.69, 9.17) is 14.7 Å². The molecule has 0 aliphatic heterocycles. The van der Waals surface area contributed by atoms with Gasteiger partial charge in [-0.05, 0) is 34.7 Å². The van der Waals surface area contributed by atoms with Crippen LogP contribution in [0.25, 0.3) is 0 Å². The van der Waals surface area contributed by atoms with E-state index in [9.17, 15) is 0 Å². The molecule has 5 nitrogen and oxygen atoms in total. The number of ether oxygens (including phenoxy) is 2. The summed E-state index contributed by atoms with van der Waals surface area (Å²) in [6, 6.07) is 7.37. The summed E-state index contributed by atoms with van der Waals surface area (Å²) in [6.07, 6.45) is 1.41. The van der Waals surface area contributed by atoms with Crippen LogP contribution < -0.4 is 9.47 Å². The molecule has 0 saturated carbocycles. The molecule has 1 aromatic heterocycles. The lowest BCUT2D eigenvalue weighted by atomic mass is 10.2. The topological polar surface area (TPSA) is 56.5 Å². The van der Waals surface area contributed by atoms with E-state index in [1.165, 1.54) is 6.20 Å². The summed E-state index contributed by atoms with van der Waals surface area (Å²) in [5, 5.41) is 12.7. The first-order chi connectivity index (χ1) is 8.20. The van der Waals surface area contributed by atoms with Gasteiger partial charge in [-0.25, -0.2) is 0 Å². The Balaban J connectivity index is 2.13. The molecule has 2 aromatic rings. The maximum Gasteiger partial charge on any atom is 0.236 e. The predicted octanol–water partition coefficient (Wildman–Crippen LogP) is 2.31. The molecule has 0 aliphatic rings. The van der Waals surface area contributed by atoms with Crippen LogP contribution in [-0.2, 0) is 6.61 Å². The first kappa shape index (κ1) is 12.0. The molecule has 1 N–H and O–H groups in total. The number of hydrogen-bond donors (Lipinski definition) is 1. The minimum atomic E-state index is 0.347. The number of benzene rings is 1. The zero-order chi connectivity index (χ0) is 12.3. The molecule has 0 radical (unpaired) electrons. The number of methoxy groups -OCH3 is 1. The van der Waals surface area contributed by atoms with Gasteiger partial charge in [-0.1, -0.05) is 11.2 Å². The molecule has 90 valence electrons. The first-order valence-corrected chi connectivity index (χ1v) is 5.97. The van der Waals surface area contributed by atoms with E-state index < -0.39 is 0 Å². The Morgan fingerprint density at radius 2 is 2.24 bits per heavy atom. The second-order valence-electron chi connectivity index (χ2n) is 3.28. The van der Waals surface area contributed by atoms with Crippen molar-refractivity contribution < 1.29 is 14.7 Å². The van der Waals surface area contributed by atoms with Crippen LogP contribution in [0.2, 0.25) is 0 Å². The van der Waals surface area contributed by atoms with Gasteiger partial charge in [0.25, 0.3) is 0 Å². The van der Waals surface area contributed by atoms with Crippen LogP contribution in [0.4, 0.5) is 0 Å². The van der Waals surface area contributed by atoms with Crippen LogP contribution >= 0.6 is 22.6 Å². The largest absolute Gasteiger partial charge is 0.496 e. The van der Waals surface area contributed by atoms with Crippen LogP contribution in [0.1, 0.15) is 5.56 Å². The lowest BCUT2D eigenvalue weighted by Gasteiger charge is -2.10. The Bertz CT molecular complexity index is 513. The van der Waals surface area contributed by atoms with Gasteiger partial charge < -0.3 is 14.7 Å². The van der Waals surface area contributed by atoms with Crippen LogP contribution in [0.15, 0.2) is 30.5 Å². The zero-order valence-electron chi connectivity index (χ0n) is 9.13. The molecule has 2 rings (SSSR count). The van der Waals surface area contributed by atoms with E-state index in [0.29, 0.717) is 17.3 Å². The van der Waals surface area contributed by atoms with Gasteiger partial charge >= 0.3 is 0 Å². The third kappa shape index (κ3) is 2.82. The number of halogens is 1. The normalized spacial score (nSPS) is 10.2. The molecule has 0 aliphatic carbocycles. The van der Waals surface area contributed by atoms with E-state index in [1.807, 2.05) is 18.2 Å². The molecule has 0 unspecified atom stereocenters. The minimum Gasteiger partial charge on any atom is -0.496 e. The van der Waals surface area contributed by atoms with E-state index in [0.717, 1.165) is 14.9 Å². The summed E-state index contributed by atoms with van der Waals surface area (Å²) in [5.41, 5.74) is 0.961. The Kier molecular flexibility index (Phi) is 3.72. The number of aromatic nitrogens is 2. The van der Waals surface area contributed by atoms with Crippen LogP contribution in [0, 0.1) is 3.57 Å². The van der Waals surface area contributed by atoms with Crippen molar-refractivity contribution in [2.75, 3.05) is 7.11 Å². The molecule has 17 heavy (non-hydrogen) atoms. The number of nitrogens with zero attached hydrogens (tertiary/aromatic N) is 2. The summed E-state index contributed by atoms with van der Waals surface area (Å²) in [6.45, 7) is 0.347. The molecule has 0 fully saturated rings. The van der Waals surface area contributed by atoms with E-state index >= 15 is 0 Å². The summed E-state index contributed by atoms with van der Waals surface area (Å²) >= 11 is 2.22. The van der Waals surface area contributed by atoms with Crippen molar-refractivity contribution in [1.29, 1.82) is 0 Å². The van der Waals surface area contributed by atoms with Gasteiger partial charge in [0.2, 0.25) is 5.88 Å². The summed E-state index contributed by atoms with van der Waals surface area (Å²) in [5.74, 6) is 1.15. The molecule has 6 heteroatoms. The SMILES string of the molecule is COc1cccc(I)c1COc1ccn(O)n1. The Morgan fingerprint density at radius 1 is 1.41 bits per heavy atom. The van der Waals surface area contributed by atoms with Crippen molar-refractivity contribution in [3.63, 3.8) is 0 Å². The Morgan fingerprint density at radius 3 is 2.88 bits per heavy atom. The quantitative estimate of drug-likeness (QED) is 0.682. The molecule has 0 amide bonds. The van der Waals surface area contributed by atoms with Crippen molar-refractivity contribution in [3.8, 4) is 11.6 Å². The van der Waals surface area contributed by atoms with Gasteiger partial charge in [0, 0.05) is 15.2 Å². The fraction of sp³-hybridized carbons (Fsp3) is 0.182. The highest BCUT2D eigenvalue weighted by atomic mass is 127. The maximum absolute atomic E-state index is 9.00. The van der Waals surface area contributed by atoms with Gasteiger partial charge in [-0.15, -0.1) is 4.85 Å². The van der Waals surface area contributed by atoms with Crippen molar-refractivity contribution in [1.82, 2.24) is 9.94 Å². The minimum absolute atomic E-state index is 0.347. The maximum atomic E-state index is 9.00. The van der Waals surface area contributed by atoms with Crippen molar-refractivity contribution in [2.24, 2.45) is 0 Å². The highest BCUT2D eigenvalue weighted by Crippen LogP contribution is 2.24. The third-order valence-corrected chi connectivity index (χ3v) is 3.22. The van der Waals surface area contributed by atoms with E-state index in [2.05, 4.69) is 27.7 Å². The van der Waals surface area contributed by atoms with Gasteiger partial charge in [0.1, 0.15) is 12.4 Å². The predicted molar refractivity (Wildman–Crippen MR) is 69.5 cm³/mol. The zero-order valence-corrected chi connectivity index (χ0v) is 11.3. The Hall–Kier alpha value is -1.44. The highest BCUT2D eigenvalue weighted by molar-refractivity contribution is 14.1. The fourth-order valence-corrected chi connectivity index (χ4v) is 2.02. The lowest BCUT2D eigenvalue weighted by Crippen LogP contribution is -2.02. The average Bonchev–Trinajstić information content (AvgIpc) is 2.73. The second kappa shape index (κ2) is 5.26. The third-order valence-electron chi connectivity index (χ3n) is 2.21. The van der Waals surface area contributed by atoms with Crippen LogP contribution in [-0.4, -0.2) is 22.3 Å². The molecule has 0 spiro atoms. The van der Waals surface area contributed by atoms with Crippen molar-refractivity contribution >= 4 is 22.6 Å².